The van der Waals surface area contributed by atoms with Gasteiger partial charge in [-0.15, -0.1) is 0 Å². The second-order valence-corrected chi connectivity index (χ2v) is 11.2. The van der Waals surface area contributed by atoms with E-state index in [0.29, 0.717) is 24.7 Å². The largest absolute Gasteiger partial charge is 0.465 e. The highest BCUT2D eigenvalue weighted by atomic mass is 16.4. The van der Waals surface area contributed by atoms with Crippen LogP contribution in [-0.4, -0.2) is 69.8 Å². The van der Waals surface area contributed by atoms with Crippen molar-refractivity contribution in [1.82, 2.24) is 15.1 Å². The van der Waals surface area contributed by atoms with Gasteiger partial charge in [0, 0.05) is 31.2 Å². The summed E-state index contributed by atoms with van der Waals surface area (Å²) in [6.07, 6.45) is 2.59. The number of nitrogens with one attached hydrogen (secondary N) is 2. The van der Waals surface area contributed by atoms with Crippen molar-refractivity contribution in [2.24, 2.45) is 11.3 Å². The molecule has 0 aromatic heterocycles. The minimum absolute atomic E-state index is 0.000210. The molecular formula is C26H34N4O6. The molecule has 1 aromatic rings. The number of fused-ring (bicyclic) bond motifs is 1. The van der Waals surface area contributed by atoms with Crippen LogP contribution in [0, 0.1) is 11.3 Å². The van der Waals surface area contributed by atoms with Crippen molar-refractivity contribution in [2.45, 2.75) is 71.4 Å². The first-order valence-corrected chi connectivity index (χ1v) is 12.5. The third-order valence-electron chi connectivity index (χ3n) is 7.20. The average Bonchev–Trinajstić information content (AvgIpc) is 3.06. The van der Waals surface area contributed by atoms with Crippen LogP contribution >= 0.6 is 0 Å². The lowest BCUT2D eigenvalue weighted by Gasteiger charge is -2.38. The second-order valence-electron chi connectivity index (χ2n) is 11.2. The van der Waals surface area contributed by atoms with E-state index in [1.807, 2.05) is 20.8 Å². The van der Waals surface area contributed by atoms with Crippen LogP contribution in [0.15, 0.2) is 18.2 Å². The highest BCUT2D eigenvalue weighted by Gasteiger charge is 2.45. The van der Waals surface area contributed by atoms with Gasteiger partial charge in [0.25, 0.3) is 11.8 Å². The molecule has 5 amide bonds. The second kappa shape index (κ2) is 9.91. The van der Waals surface area contributed by atoms with Gasteiger partial charge in [-0.25, -0.2) is 4.79 Å². The van der Waals surface area contributed by atoms with Crippen molar-refractivity contribution >= 4 is 35.4 Å². The van der Waals surface area contributed by atoms with E-state index in [1.54, 1.807) is 23.1 Å². The maximum absolute atomic E-state index is 13.2. The number of rotatable bonds is 6. The van der Waals surface area contributed by atoms with Crippen LogP contribution in [0.3, 0.4) is 0 Å². The topological polar surface area (TPSA) is 136 Å². The van der Waals surface area contributed by atoms with Gasteiger partial charge in [-0.1, -0.05) is 26.8 Å². The van der Waals surface area contributed by atoms with Crippen molar-refractivity contribution in [3.8, 4) is 0 Å². The highest BCUT2D eigenvalue weighted by Crippen LogP contribution is 2.34. The van der Waals surface area contributed by atoms with E-state index < -0.39 is 35.8 Å². The van der Waals surface area contributed by atoms with Gasteiger partial charge in [0.1, 0.15) is 6.04 Å². The number of carbonyl (C=O) groups is 5. The summed E-state index contributed by atoms with van der Waals surface area (Å²) in [5.41, 5.74) is 0.930. The van der Waals surface area contributed by atoms with Crippen LogP contribution in [0.1, 0.15) is 80.0 Å². The molecule has 1 saturated heterocycles. The van der Waals surface area contributed by atoms with Gasteiger partial charge in [0.05, 0.1) is 11.1 Å². The summed E-state index contributed by atoms with van der Waals surface area (Å²) in [5.74, 6) is -1.79. The number of hydrogen-bond donors (Lipinski definition) is 3. The molecule has 2 fully saturated rings. The molecule has 194 valence electrons. The fourth-order valence-corrected chi connectivity index (χ4v) is 5.44. The predicted octanol–water partition coefficient (Wildman–Crippen LogP) is 3.08. The molecule has 4 rings (SSSR count). The van der Waals surface area contributed by atoms with E-state index in [-0.39, 0.29) is 35.4 Å². The summed E-state index contributed by atoms with van der Waals surface area (Å²) in [6.45, 7) is 7.18. The number of carboxylic acid groups (broad SMARTS) is 1. The van der Waals surface area contributed by atoms with Gasteiger partial charge < -0.3 is 15.3 Å². The quantitative estimate of drug-likeness (QED) is 0.513. The molecule has 0 radical (unpaired) electrons. The van der Waals surface area contributed by atoms with Gasteiger partial charge in [0.2, 0.25) is 11.8 Å². The van der Waals surface area contributed by atoms with E-state index in [9.17, 15) is 29.1 Å². The fourth-order valence-electron chi connectivity index (χ4n) is 5.44. The molecule has 1 atom stereocenters. The van der Waals surface area contributed by atoms with Crippen LogP contribution in [0.4, 0.5) is 10.5 Å². The van der Waals surface area contributed by atoms with Crippen LogP contribution < -0.4 is 10.6 Å². The maximum Gasteiger partial charge on any atom is 0.407 e. The Balaban J connectivity index is 1.39. The summed E-state index contributed by atoms with van der Waals surface area (Å²) in [4.78, 5) is 64.4. The van der Waals surface area contributed by atoms with E-state index in [4.69, 9.17) is 0 Å². The molecule has 1 unspecified atom stereocenters. The molecule has 10 heteroatoms. The third kappa shape index (κ3) is 5.22. The first kappa shape index (κ1) is 25.7. The van der Waals surface area contributed by atoms with Gasteiger partial charge >= 0.3 is 6.09 Å². The minimum Gasteiger partial charge on any atom is -0.465 e. The molecular weight excluding hydrogens is 464 g/mol. The highest BCUT2D eigenvalue weighted by molar-refractivity contribution is 6.25. The van der Waals surface area contributed by atoms with Crippen molar-refractivity contribution in [3.05, 3.63) is 29.3 Å². The molecule has 1 aliphatic carbocycles. The number of nitrogens with zero attached hydrogens (tertiary/aromatic N) is 2. The number of piperidine rings is 1. The van der Waals surface area contributed by atoms with E-state index >= 15 is 0 Å². The molecule has 0 spiro atoms. The average molecular weight is 499 g/mol. The van der Waals surface area contributed by atoms with E-state index in [2.05, 4.69) is 10.6 Å². The molecule has 2 aliphatic heterocycles. The molecule has 2 heterocycles. The van der Waals surface area contributed by atoms with Gasteiger partial charge in [-0.05, 0) is 55.6 Å². The molecule has 3 aliphatic rings. The lowest BCUT2D eigenvalue weighted by molar-refractivity contribution is -0.136. The summed E-state index contributed by atoms with van der Waals surface area (Å²) < 4.78 is 0. The molecule has 1 aromatic carbocycles. The molecule has 36 heavy (non-hydrogen) atoms. The number of carbonyl (C=O) groups excluding carboxylic acids is 4. The molecule has 3 N–H and O–H groups in total. The number of hydrogen-bond acceptors (Lipinski definition) is 6. The number of amides is 5. The predicted molar refractivity (Wildman–Crippen MR) is 132 cm³/mol. The standard InChI is InChI=1S/C26H34N4O6/c1-26(2,3)14-29(25(35)36)16-9-7-15(8-10-16)13-27-18-6-4-5-17-21(18)24(34)30(23(17)33)19-11-12-20(31)28-22(19)32/h4-6,15-16,19,27H,7-14H2,1-3H3,(H,35,36)(H,28,31,32). The monoisotopic (exact) mass is 498 g/mol. The fraction of sp³-hybridized carbons (Fsp3) is 0.577. The summed E-state index contributed by atoms with van der Waals surface area (Å²) in [5, 5.41) is 15.2. The number of benzene rings is 1. The Morgan fingerprint density at radius 3 is 2.39 bits per heavy atom. The smallest absolute Gasteiger partial charge is 0.407 e. The Morgan fingerprint density at radius 2 is 1.78 bits per heavy atom. The van der Waals surface area contributed by atoms with E-state index in [0.717, 1.165) is 30.6 Å². The first-order chi connectivity index (χ1) is 17.0. The van der Waals surface area contributed by atoms with Crippen LogP contribution in [0.2, 0.25) is 0 Å². The molecule has 10 nitrogen and oxygen atoms in total. The number of anilines is 1. The summed E-state index contributed by atoms with van der Waals surface area (Å²) >= 11 is 0. The third-order valence-corrected chi connectivity index (χ3v) is 7.20. The van der Waals surface area contributed by atoms with Gasteiger partial charge in [0.15, 0.2) is 0 Å². The SMILES string of the molecule is CC(C)(C)CN(C(=O)O)C1CCC(CNc2cccc3c2C(=O)N(C2CCC(=O)NC2=O)C3=O)CC1. The van der Waals surface area contributed by atoms with E-state index in [1.165, 1.54) is 0 Å². The van der Waals surface area contributed by atoms with Crippen LogP contribution in [0.25, 0.3) is 0 Å². The van der Waals surface area contributed by atoms with Crippen molar-refractivity contribution in [1.29, 1.82) is 0 Å². The number of imide groups is 2. The minimum atomic E-state index is -0.997. The zero-order valence-corrected chi connectivity index (χ0v) is 21.0. The Labute approximate surface area is 210 Å². The normalized spacial score (nSPS) is 24.4. The zero-order chi connectivity index (χ0) is 26.2. The Morgan fingerprint density at radius 1 is 1.08 bits per heavy atom. The van der Waals surface area contributed by atoms with Crippen LogP contribution in [0.5, 0.6) is 0 Å². The van der Waals surface area contributed by atoms with Crippen molar-refractivity contribution in [2.75, 3.05) is 18.4 Å². The Hall–Kier alpha value is -3.43. The van der Waals surface area contributed by atoms with Gasteiger partial charge in [-0.2, -0.15) is 0 Å². The molecule has 1 saturated carbocycles. The first-order valence-electron chi connectivity index (χ1n) is 12.5. The summed E-state index contributed by atoms with van der Waals surface area (Å²) in [7, 11) is 0. The van der Waals surface area contributed by atoms with Crippen molar-refractivity contribution < 1.29 is 29.1 Å². The van der Waals surface area contributed by atoms with Crippen molar-refractivity contribution in [3.63, 3.8) is 0 Å². The Kier molecular flexibility index (Phi) is 7.06. The van der Waals surface area contributed by atoms with Crippen LogP contribution in [-0.2, 0) is 9.59 Å². The van der Waals surface area contributed by atoms with Gasteiger partial charge in [-0.3, -0.25) is 29.4 Å². The maximum atomic E-state index is 13.2. The Bertz CT molecular complexity index is 1090. The lowest BCUT2D eigenvalue weighted by atomic mass is 9.84. The lowest BCUT2D eigenvalue weighted by Crippen LogP contribution is -2.54. The molecule has 0 bridgehead atoms. The summed E-state index contributed by atoms with van der Waals surface area (Å²) in [6, 6.07) is 4.03. The zero-order valence-electron chi connectivity index (χ0n) is 21.0.